The van der Waals surface area contributed by atoms with Gasteiger partial charge in [-0.2, -0.15) is 5.26 Å². The highest BCUT2D eigenvalue weighted by molar-refractivity contribution is 7.99. The molecule has 31 heavy (non-hydrogen) atoms. The number of hydrogen-bond donors (Lipinski definition) is 1. The van der Waals surface area contributed by atoms with Crippen molar-refractivity contribution in [3.63, 3.8) is 0 Å². The molecule has 166 valence electrons. The van der Waals surface area contributed by atoms with Crippen molar-refractivity contribution in [3.8, 4) is 6.07 Å². The van der Waals surface area contributed by atoms with E-state index in [0.29, 0.717) is 29.1 Å². The number of rotatable bonds is 7. The fraction of sp³-hybridized carbons (Fsp3) is 0.667. The second kappa shape index (κ2) is 9.83. The first-order chi connectivity index (χ1) is 15.1. The van der Waals surface area contributed by atoms with Gasteiger partial charge in [-0.3, -0.25) is 4.79 Å². The van der Waals surface area contributed by atoms with E-state index in [1.165, 1.54) is 31.0 Å². The van der Waals surface area contributed by atoms with E-state index in [0.717, 1.165) is 43.5 Å². The van der Waals surface area contributed by atoms with Crippen LogP contribution in [0.1, 0.15) is 67.8 Å². The Labute approximate surface area is 186 Å². The molecule has 0 bridgehead atoms. The third kappa shape index (κ3) is 4.77. The number of carbonyl (C=O) groups excluding carboxylic acids is 1. The molecule has 10 heteroatoms. The second-order valence-corrected chi connectivity index (χ2v) is 9.27. The van der Waals surface area contributed by atoms with Gasteiger partial charge in [0.2, 0.25) is 11.1 Å². The van der Waals surface area contributed by atoms with Crippen molar-refractivity contribution < 1.29 is 9.53 Å². The van der Waals surface area contributed by atoms with E-state index in [2.05, 4.69) is 26.9 Å². The zero-order chi connectivity index (χ0) is 21.8. The number of nitrogens with zero attached hydrogens (tertiary/aromatic N) is 6. The van der Waals surface area contributed by atoms with E-state index in [1.807, 2.05) is 23.1 Å². The van der Waals surface area contributed by atoms with Crippen molar-refractivity contribution in [1.82, 2.24) is 24.8 Å². The van der Waals surface area contributed by atoms with E-state index >= 15 is 0 Å². The number of ether oxygens (including phenoxy) is 1. The van der Waals surface area contributed by atoms with Gasteiger partial charge in [-0.25, -0.2) is 4.68 Å². The topological polar surface area (TPSA) is 111 Å². The first kappa shape index (κ1) is 21.8. The summed E-state index contributed by atoms with van der Waals surface area (Å²) in [7, 11) is 0. The lowest BCUT2D eigenvalue weighted by molar-refractivity contribution is -0.113. The molecular formula is C21H29N7O2S. The number of hydrogen-bond acceptors (Lipinski definition) is 7. The van der Waals surface area contributed by atoms with Crippen LogP contribution in [0, 0.1) is 25.2 Å². The van der Waals surface area contributed by atoms with E-state index in [-0.39, 0.29) is 17.8 Å². The molecule has 9 nitrogen and oxygen atoms in total. The van der Waals surface area contributed by atoms with Crippen LogP contribution in [0.4, 0.5) is 5.82 Å². The Bertz CT molecular complexity index is 965. The maximum atomic E-state index is 12.8. The van der Waals surface area contributed by atoms with Crippen LogP contribution in [0.3, 0.4) is 0 Å². The second-order valence-electron chi connectivity index (χ2n) is 8.33. The summed E-state index contributed by atoms with van der Waals surface area (Å²) < 4.78 is 9.66. The highest BCUT2D eigenvalue weighted by Crippen LogP contribution is 2.31. The van der Waals surface area contributed by atoms with Crippen LogP contribution in [0.2, 0.25) is 0 Å². The van der Waals surface area contributed by atoms with Crippen molar-refractivity contribution in [3.05, 3.63) is 16.8 Å². The predicted molar refractivity (Wildman–Crippen MR) is 117 cm³/mol. The molecule has 1 atom stereocenters. The van der Waals surface area contributed by atoms with Crippen molar-refractivity contribution in [1.29, 1.82) is 5.26 Å². The molecule has 0 radical (unpaired) electrons. The van der Waals surface area contributed by atoms with Crippen LogP contribution in [-0.4, -0.2) is 49.1 Å². The van der Waals surface area contributed by atoms with Gasteiger partial charge in [0.05, 0.1) is 30.0 Å². The average Bonchev–Trinajstić information content (AvgIpc) is 3.51. The van der Waals surface area contributed by atoms with E-state index in [1.54, 1.807) is 0 Å². The summed E-state index contributed by atoms with van der Waals surface area (Å²) in [5.74, 6) is 0.567. The van der Waals surface area contributed by atoms with Crippen LogP contribution >= 0.6 is 11.8 Å². The zero-order valence-electron chi connectivity index (χ0n) is 18.1. The van der Waals surface area contributed by atoms with Crippen molar-refractivity contribution in [2.24, 2.45) is 0 Å². The number of carbonyl (C=O) groups is 1. The summed E-state index contributed by atoms with van der Waals surface area (Å²) in [5.41, 5.74) is 2.39. The van der Waals surface area contributed by atoms with Gasteiger partial charge in [0, 0.05) is 12.3 Å². The summed E-state index contributed by atoms with van der Waals surface area (Å²) in [4.78, 5) is 12.8. The molecule has 2 fully saturated rings. The van der Waals surface area contributed by atoms with Gasteiger partial charge in [-0.1, -0.05) is 31.0 Å². The first-order valence-corrected chi connectivity index (χ1v) is 12.0. The number of aromatic nitrogens is 5. The van der Waals surface area contributed by atoms with E-state index < -0.39 is 0 Å². The van der Waals surface area contributed by atoms with Crippen LogP contribution in [0.5, 0.6) is 0 Å². The monoisotopic (exact) mass is 443 g/mol. The van der Waals surface area contributed by atoms with E-state index in [9.17, 15) is 10.1 Å². The number of tetrazole rings is 1. The Morgan fingerprint density at radius 2 is 2.06 bits per heavy atom. The van der Waals surface area contributed by atoms with Gasteiger partial charge < -0.3 is 14.6 Å². The fourth-order valence-electron chi connectivity index (χ4n) is 4.48. The first-order valence-electron chi connectivity index (χ1n) is 11.0. The molecular weight excluding hydrogens is 414 g/mol. The third-order valence-corrected chi connectivity index (χ3v) is 7.26. The molecule has 0 spiro atoms. The maximum Gasteiger partial charge on any atom is 0.235 e. The Kier molecular flexibility index (Phi) is 6.92. The lowest BCUT2D eigenvalue weighted by Gasteiger charge is -2.22. The van der Waals surface area contributed by atoms with Crippen LogP contribution in [0.15, 0.2) is 5.16 Å². The molecule has 1 saturated carbocycles. The minimum absolute atomic E-state index is 0.113. The van der Waals surface area contributed by atoms with Crippen molar-refractivity contribution in [2.75, 3.05) is 17.7 Å². The lowest BCUT2D eigenvalue weighted by Crippen LogP contribution is -2.22. The van der Waals surface area contributed by atoms with Gasteiger partial charge in [-0.15, -0.1) is 5.10 Å². The van der Waals surface area contributed by atoms with Crippen LogP contribution in [-0.2, 0) is 16.1 Å². The van der Waals surface area contributed by atoms with Gasteiger partial charge in [-0.05, 0) is 55.5 Å². The number of thioether (sulfide) groups is 1. The zero-order valence-corrected chi connectivity index (χ0v) is 19.0. The summed E-state index contributed by atoms with van der Waals surface area (Å²) in [6.07, 6.45) is 7.93. The molecule has 2 aliphatic rings. The normalized spacial score (nSPS) is 19.5. The highest BCUT2D eigenvalue weighted by Gasteiger charge is 2.25. The minimum atomic E-state index is -0.175. The fourth-order valence-corrected chi connectivity index (χ4v) is 5.23. The molecule has 1 amide bonds. The Balaban J connectivity index is 1.45. The maximum absolute atomic E-state index is 12.8. The average molecular weight is 444 g/mol. The summed E-state index contributed by atoms with van der Waals surface area (Å²) in [6.45, 7) is 5.30. The molecule has 2 aromatic heterocycles. The molecule has 0 unspecified atom stereocenters. The number of anilines is 1. The molecule has 1 aliphatic carbocycles. The molecule has 2 aromatic rings. The molecule has 1 N–H and O–H groups in total. The Morgan fingerprint density at radius 1 is 1.26 bits per heavy atom. The van der Waals surface area contributed by atoms with Crippen LogP contribution < -0.4 is 5.32 Å². The molecule has 1 saturated heterocycles. The molecule has 3 heterocycles. The SMILES string of the molecule is Cc1c(C#N)c(NC(=O)CSc2nnnn2C2CCCCC2)n(C[C@@H]2CCCO2)c1C. The predicted octanol–water partition coefficient (Wildman–Crippen LogP) is 3.38. The van der Waals surface area contributed by atoms with Gasteiger partial charge >= 0.3 is 0 Å². The Morgan fingerprint density at radius 3 is 2.77 bits per heavy atom. The summed E-state index contributed by atoms with van der Waals surface area (Å²) in [5, 5.41) is 25.4. The van der Waals surface area contributed by atoms with E-state index in [4.69, 9.17) is 4.74 Å². The lowest BCUT2D eigenvalue weighted by atomic mass is 9.96. The highest BCUT2D eigenvalue weighted by atomic mass is 32.2. The van der Waals surface area contributed by atoms with Crippen molar-refractivity contribution >= 4 is 23.5 Å². The summed E-state index contributed by atoms with van der Waals surface area (Å²) >= 11 is 1.34. The molecule has 1 aliphatic heterocycles. The molecule has 4 rings (SSSR count). The largest absolute Gasteiger partial charge is 0.376 e. The quantitative estimate of drug-likeness (QED) is 0.653. The standard InChI is InChI=1S/C21H29N7O2S/c1-14-15(2)27(12-17-9-6-10-30-17)20(18(14)11-22)23-19(29)13-31-21-24-25-26-28(21)16-7-4-3-5-8-16/h16-17H,3-10,12-13H2,1-2H3,(H,23,29)/t17-/m0/s1. The smallest absolute Gasteiger partial charge is 0.235 e. The summed E-state index contributed by atoms with van der Waals surface area (Å²) in [6, 6.07) is 2.57. The Hall–Kier alpha value is -2.38. The van der Waals surface area contributed by atoms with Gasteiger partial charge in [0.25, 0.3) is 0 Å². The number of nitriles is 1. The van der Waals surface area contributed by atoms with Crippen molar-refractivity contribution in [2.45, 2.75) is 82.6 Å². The van der Waals surface area contributed by atoms with Gasteiger partial charge in [0.15, 0.2) is 0 Å². The van der Waals surface area contributed by atoms with Gasteiger partial charge in [0.1, 0.15) is 11.9 Å². The van der Waals surface area contributed by atoms with Crippen LogP contribution in [0.25, 0.3) is 0 Å². The third-order valence-electron chi connectivity index (χ3n) is 6.32. The number of nitrogens with one attached hydrogen (secondary N) is 1. The molecule has 0 aromatic carbocycles. The number of amides is 1. The minimum Gasteiger partial charge on any atom is -0.376 e.